The summed E-state index contributed by atoms with van der Waals surface area (Å²) in [6.07, 6.45) is 4.97. The predicted molar refractivity (Wildman–Crippen MR) is 105 cm³/mol. The maximum Gasteiger partial charge on any atom is 0.339 e. The quantitative estimate of drug-likeness (QED) is 0.597. The zero-order valence-corrected chi connectivity index (χ0v) is 17.2. The van der Waals surface area contributed by atoms with Crippen LogP contribution in [-0.4, -0.2) is 23.1 Å². The molecule has 3 aromatic rings. The molecule has 0 radical (unpaired) electrons. The lowest BCUT2D eigenvalue weighted by atomic mass is 9.96. The molecule has 0 atom stereocenters. The topological polar surface area (TPSA) is 90.7 Å². The number of rotatable bonds is 4. The summed E-state index contributed by atoms with van der Waals surface area (Å²) in [6, 6.07) is 8.91. The van der Waals surface area contributed by atoms with Crippen LogP contribution in [0.2, 0.25) is 0 Å². The lowest BCUT2D eigenvalue weighted by molar-refractivity contribution is 0.485. The number of sulfone groups is 1. The van der Waals surface area contributed by atoms with E-state index in [2.05, 4.69) is 0 Å². The minimum absolute atomic E-state index is 0.0698. The van der Waals surface area contributed by atoms with Gasteiger partial charge in [0.15, 0.2) is 9.84 Å². The molecule has 0 saturated heterocycles. The van der Waals surface area contributed by atoms with Crippen LogP contribution in [0.5, 0.6) is 5.75 Å². The summed E-state index contributed by atoms with van der Waals surface area (Å²) in [6.45, 7) is 1.60. The fourth-order valence-corrected chi connectivity index (χ4v) is 5.45. The van der Waals surface area contributed by atoms with Crippen LogP contribution in [0.1, 0.15) is 29.7 Å². The average Bonchev–Trinajstić information content (AvgIpc) is 2.98. The van der Waals surface area contributed by atoms with Crippen LogP contribution in [0, 0.1) is 6.92 Å². The molecule has 1 heterocycles. The smallest absolute Gasteiger partial charge is 0.339 e. The van der Waals surface area contributed by atoms with Crippen molar-refractivity contribution >= 4 is 30.9 Å². The number of hydrogen-bond acceptors (Lipinski definition) is 6. The first-order valence-electron chi connectivity index (χ1n) is 8.95. The first-order valence-corrected chi connectivity index (χ1v) is 12.2. The van der Waals surface area contributed by atoms with Crippen LogP contribution < -0.4 is 4.18 Å². The van der Waals surface area contributed by atoms with E-state index in [0.717, 1.165) is 54.7 Å². The summed E-state index contributed by atoms with van der Waals surface area (Å²) in [5.74, 6) is 1.13. The van der Waals surface area contributed by atoms with Gasteiger partial charge < -0.3 is 8.60 Å². The highest BCUT2D eigenvalue weighted by Crippen LogP contribution is 2.35. The third-order valence-corrected chi connectivity index (χ3v) is 7.49. The molecule has 0 N–H and O–H groups in total. The third-order valence-electron chi connectivity index (χ3n) is 4.99. The fraction of sp³-hybridized carbons (Fsp3) is 0.300. The molecule has 1 aliphatic carbocycles. The number of aryl methyl sites for hydroxylation is 3. The minimum atomic E-state index is -4.19. The van der Waals surface area contributed by atoms with Crippen molar-refractivity contribution < 1.29 is 25.4 Å². The molecule has 8 heteroatoms. The molecule has 2 aromatic carbocycles. The summed E-state index contributed by atoms with van der Waals surface area (Å²) in [5.41, 5.74) is 2.24. The largest absolute Gasteiger partial charge is 0.461 e. The zero-order valence-electron chi connectivity index (χ0n) is 15.6. The Morgan fingerprint density at radius 3 is 2.46 bits per heavy atom. The lowest BCUT2D eigenvalue weighted by Crippen LogP contribution is -2.12. The lowest BCUT2D eigenvalue weighted by Gasteiger charge is -2.11. The van der Waals surface area contributed by atoms with Gasteiger partial charge in [0.2, 0.25) is 0 Å². The van der Waals surface area contributed by atoms with Gasteiger partial charge in [-0.3, -0.25) is 0 Å². The Hall–Kier alpha value is -2.32. The van der Waals surface area contributed by atoms with Crippen LogP contribution in [-0.2, 0) is 32.8 Å². The van der Waals surface area contributed by atoms with Gasteiger partial charge in [-0.1, -0.05) is 6.07 Å². The third kappa shape index (κ3) is 3.42. The highest BCUT2D eigenvalue weighted by atomic mass is 32.2. The van der Waals surface area contributed by atoms with Gasteiger partial charge in [-0.05, 0) is 62.1 Å². The highest BCUT2D eigenvalue weighted by Gasteiger charge is 2.23. The highest BCUT2D eigenvalue weighted by molar-refractivity contribution is 7.90. The maximum atomic E-state index is 12.8. The van der Waals surface area contributed by atoms with Crippen molar-refractivity contribution in [3.8, 4) is 5.75 Å². The Kier molecular flexibility index (Phi) is 4.50. The van der Waals surface area contributed by atoms with Gasteiger partial charge in [0.25, 0.3) is 0 Å². The van der Waals surface area contributed by atoms with Gasteiger partial charge in [0.1, 0.15) is 22.0 Å². The Bertz CT molecular complexity index is 1280. The Balaban J connectivity index is 1.74. The first kappa shape index (κ1) is 19.0. The van der Waals surface area contributed by atoms with Crippen LogP contribution in [0.25, 0.3) is 11.0 Å². The summed E-state index contributed by atoms with van der Waals surface area (Å²) in [5, 5.41) is 0.865. The molecule has 0 unspecified atom stereocenters. The second-order valence-corrected chi connectivity index (χ2v) is 10.6. The molecule has 28 heavy (non-hydrogen) atoms. The standard InChI is InChI=1S/C20H20O6S2/c1-13-7-9-15(27(2,21)22)12-20(13)28(23,24)26-14-8-10-19-17(11-14)16-5-3-4-6-18(16)25-19/h7-12H,3-6H2,1-2H3. The Morgan fingerprint density at radius 1 is 0.964 bits per heavy atom. The molecule has 1 aliphatic rings. The zero-order chi connectivity index (χ0) is 20.1. The summed E-state index contributed by atoms with van der Waals surface area (Å²) in [7, 11) is -7.73. The number of furan rings is 1. The van der Waals surface area contributed by atoms with Crippen molar-refractivity contribution in [2.75, 3.05) is 6.26 Å². The SMILES string of the molecule is Cc1ccc(S(C)(=O)=O)cc1S(=O)(=O)Oc1ccc2oc3c(c2c1)CCCC3. The fourth-order valence-electron chi connectivity index (χ4n) is 3.55. The summed E-state index contributed by atoms with van der Waals surface area (Å²) in [4.78, 5) is -0.232. The van der Waals surface area contributed by atoms with Gasteiger partial charge in [-0.25, -0.2) is 8.42 Å². The van der Waals surface area contributed by atoms with Crippen molar-refractivity contribution in [2.45, 2.75) is 42.4 Å². The Morgan fingerprint density at radius 2 is 1.71 bits per heavy atom. The van der Waals surface area contributed by atoms with E-state index in [0.29, 0.717) is 11.1 Å². The molecule has 0 spiro atoms. The molecular weight excluding hydrogens is 400 g/mol. The van der Waals surface area contributed by atoms with E-state index in [9.17, 15) is 16.8 Å². The Labute approximate surface area is 164 Å². The van der Waals surface area contributed by atoms with E-state index in [1.807, 2.05) is 0 Å². The number of hydrogen-bond donors (Lipinski definition) is 0. The van der Waals surface area contributed by atoms with E-state index >= 15 is 0 Å². The van der Waals surface area contributed by atoms with E-state index in [1.165, 1.54) is 12.1 Å². The van der Waals surface area contributed by atoms with Crippen molar-refractivity contribution in [1.82, 2.24) is 0 Å². The van der Waals surface area contributed by atoms with Crippen molar-refractivity contribution in [3.63, 3.8) is 0 Å². The second-order valence-electron chi connectivity index (χ2n) is 7.11. The van der Waals surface area contributed by atoms with Crippen LogP contribution >= 0.6 is 0 Å². The van der Waals surface area contributed by atoms with Gasteiger partial charge >= 0.3 is 10.1 Å². The molecule has 4 rings (SSSR count). The average molecular weight is 421 g/mol. The van der Waals surface area contributed by atoms with Gasteiger partial charge in [0.05, 0.1) is 4.90 Å². The molecule has 0 fully saturated rings. The van der Waals surface area contributed by atoms with Crippen LogP contribution in [0.15, 0.2) is 50.6 Å². The molecule has 0 amide bonds. The van der Waals surface area contributed by atoms with E-state index in [-0.39, 0.29) is 15.5 Å². The summed E-state index contributed by atoms with van der Waals surface area (Å²) < 4.78 is 60.4. The normalized spacial score (nSPS) is 14.8. The number of benzene rings is 2. The molecule has 1 aromatic heterocycles. The van der Waals surface area contributed by atoms with E-state index in [4.69, 9.17) is 8.60 Å². The van der Waals surface area contributed by atoms with Crippen molar-refractivity contribution in [1.29, 1.82) is 0 Å². The maximum absolute atomic E-state index is 12.8. The second kappa shape index (κ2) is 6.63. The molecular formula is C20H20O6S2. The predicted octanol–water partition coefficient (Wildman–Crippen LogP) is 3.79. The molecule has 0 saturated carbocycles. The van der Waals surface area contributed by atoms with Gasteiger partial charge in [-0.2, -0.15) is 8.42 Å². The van der Waals surface area contributed by atoms with Crippen LogP contribution in [0.3, 0.4) is 0 Å². The monoisotopic (exact) mass is 420 g/mol. The molecule has 6 nitrogen and oxygen atoms in total. The van der Waals surface area contributed by atoms with Crippen molar-refractivity contribution in [3.05, 3.63) is 53.3 Å². The minimum Gasteiger partial charge on any atom is -0.461 e. The first-order chi connectivity index (χ1) is 13.1. The van der Waals surface area contributed by atoms with E-state index in [1.54, 1.807) is 25.1 Å². The molecule has 0 bridgehead atoms. The van der Waals surface area contributed by atoms with Gasteiger partial charge in [-0.15, -0.1) is 0 Å². The molecule has 148 valence electrons. The van der Waals surface area contributed by atoms with Crippen molar-refractivity contribution in [2.24, 2.45) is 0 Å². The van der Waals surface area contributed by atoms with Crippen LogP contribution in [0.4, 0.5) is 0 Å². The number of fused-ring (bicyclic) bond motifs is 3. The van der Waals surface area contributed by atoms with Gasteiger partial charge in [0, 0.05) is 23.6 Å². The summed E-state index contributed by atoms with van der Waals surface area (Å²) >= 11 is 0. The van der Waals surface area contributed by atoms with E-state index < -0.39 is 20.0 Å². The molecule has 0 aliphatic heterocycles.